The molecule has 0 aromatic heterocycles. The summed E-state index contributed by atoms with van der Waals surface area (Å²) in [6.45, 7) is 16.8. The quantitative estimate of drug-likeness (QED) is 0.164. The number of carbonyl (C=O) groups excluding carboxylic acids is 4. The lowest BCUT2D eigenvalue weighted by Gasteiger charge is -2.41. The maximum atomic E-state index is 14.6. The summed E-state index contributed by atoms with van der Waals surface area (Å²) in [7, 11) is 1.68. The summed E-state index contributed by atoms with van der Waals surface area (Å²) in [6.07, 6.45) is 2.91. The summed E-state index contributed by atoms with van der Waals surface area (Å²) in [6, 6.07) is 6.77. The highest BCUT2D eigenvalue weighted by molar-refractivity contribution is 9.09. The van der Waals surface area contributed by atoms with Gasteiger partial charge in [-0.2, -0.15) is 0 Å². The molecule has 3 fully saturated rings. The van der Waals surface area contributed by atoms with Gasteiger partial charge < -0.3 is 29.3 Å². The summed E-state index contributed by atoms with van der Waals surface area (Å²) in [5.41, 5.74) is -0.603. The van der Waals surface area contributed by atoms with Crippen LogP contribution in [0.1, 0.15) is 65.5 Å². The minimum Gasteiger partial charge on any atom is -0.455 e. The highest BCUT2D eigenvalue weighted by atomic mass is 79.9. The van der Waals surface area contributed by atoms with Gasteiger partial charge in [-0.25, -0.2) is 0 Å². The van der Waals surface area contributed by atoms with Gasteiger partial charge in [0, 0.05) is 30.9 Å². The first kappa shape index (κ1) is 36.8. The molecule has 47 heavy (non-hydrogen) atoms. The molecule has 4 rings (SSSR count). The van der Waals surface area contributed by atoms with Gasteiger partial charge in [-0.05, 0) is 45.1 Å². The van der Waals surface area contributed by atoms with Crippen molar-refractivity contribution >= 4 is 39.6 Å². The van der Waals surface area contributed by atoms with Crippen LogP contribution in [-0.2, 0) is 28.7 Å². The molecule has 3 aliphatic heterocycles. The van der Waals surface area contributed by atoms with E-state index in [0.717, 1.165) is 0 Å². The van der Waals surface area contributed by atoms with E-state index < -0.39 is 59.6 Å². The Morgan fingerprint density at radius 3 is 2.36 bits per heavy atom. The van der Waals surface area contributed by atoms with Gasteiger partial charge in [0.1, 0.15) is 17.7 Å². The summed E-state index contributed by atoms with van der Waals surface area (Å²) in [5.74, 6) is -3.63. The number of amides is 3. The lowest BCUT2D eigenvalue weighted by atomic mass is 9.70. The topological polar surface area (TPSA) is 117 Å². The van der Waals surface area contributed by atoms with Gasteiger partial charge in [0.2, 0.25) is 17.7 Å². The third kappa shape index (κ3) is 6.68. The number of nitrogens with zero attached hydrogens (tertiary/aromatic N) is 3. The number of ether oxygens (including phenoxy) is 2. The average Bonchev–Trinajstić information content (AvgIpc) is 3.64. The summed E-state index contributed by atoms with van der Waals surface area (Å²) in [4.78, 5) is 60.9. The molecule has 0 radical (unpaired) electrons. The molecule has 258 valence electrons. The van der Waals surface area contributed by atoms with Gasteiger partial charge in [-0.15, -0.1) is 13.2 Å². The highest BCUT2D eigenvalue weighted by Crippen LogP contribution is 2.61. The normalized spacial score (nSPS) is 28.2. The SMILES string of the molecule is C=CCCC(=O)N(C)[C@H](C)[C@H](OC(=O)[C@H]1[C@@H]2O[C@@]3(CC2Br)[C@@H]1C(=O)N([C@@H](CO)C(C)C)[C@@H]3C(=O)N(CC=C)C(C)C)c1ccccc1. The maximum absolute atomic E-state index is 14.6. The van der Waals surface area contributed by atoms with Crippen molar-refractivity contribution in [1.82, 2.24) is 14.7 Å². The van der Waals surface area contributed by atoms with Crippen LogP contribution in [0.2, 0.25) is 0 Å². The van der Waals surface area contributed by atoms with E-state index >= 15 is 0 Å². The molecule has 0 saturated carbocycles. The summed E-state index contributed by atoms with van der Waals surface area (Å²) >= 11 is 3.72. The lowest BCUT2D eigenvalue weighted by Crippen LogP contribution is -2.60. The number of esters is 1. The summed E-state index contributed by atoms with van der Waals surface area (Å²) < 4.78 is 13.0. The van der Waals surface area contributed by atoms with Crippen LogP contribution in [0.4, 0.5) is 0 Å². The number of rotatable bonds is 15. The van der Waals surface area contributed by atoms with Crippen molar-refractivity contribution in [2.75, 3.05) is 20.2 Å². The molecule has 2 bridgehead atoms. The molecule has 3 amide bonds. The Morgan fingerprint density at radius 1 is 1.15 bits per heavy atom. The molecule has 9 atom stereocenters. The van der Waals surface area contributed by atoms with Crippen molar-refractivity contribution in [2.45, 2.75) is 101 Å². The molecule has 1 aromatic carbocycles. The van der Waals surface area contributed by atoms with Crippen molar-refractivity contribution in [2.24, 2.45) is 17.8 Å². The molecule has 1 unspecified atom stereocenters. The minimum absolute atomic E-state index is 0.113. The molecule has 11 heteroatoms. The number of hydrogen-bond acceptors (Lipinski definition) is 7. The predicted molar refractivity (Wildman–Crippen MR) is 182 cm³/mol. The third-order valence-electron chi connectivity index (χ3n) is 10.2. The number of alkyl halides is 1. The Balaban J connectivity index is 1.76. The molecule has 3 saturated heterocycles. The zero-order chi connectivity index (χ0) is 34.8. The Labute approximate surface area is 287 Å². The number of hydrogen-bond donors (Lipinski definition) is 1. The van der Waals surface area contributed by atoms with Crippen LogP contribution in [0, 0.1) is 17.8 Å². The van der Waals surface area contributed by atoms with Crippen molar-refractivity contribution in [3.63, 3.8) is 0 Å². The summed E-state index contributed by atoms with van der Waals surface area (Å²) in [5, 5.41) is 10.5. The Kier molecular flexibility index (Phi) is 11.8. The lowest BCUT2D eigenvalue weighted by molar-refractivity contribution is -0.165. The van der Waals surface area contributed by atoms with Crippen LogP contribution in [0.3, 0.4) is 0 Å². The van der Waals surface area contributed by atoms with Gasteiger partial charge in [0.05, 0.1) is 36.6 Å². The minimum atomic E-state index is -1.31. The monoisotopic (exact) mass is 715 g/mol. The first-order valence-corrected chi connectivity index (χ1v) is 17.5. The molecule has 1 spiro atoms. The fourth-order valence-corrected chi connectivity index (χ4v) is 8.51. The first-order valence-electron chi connectivity index (χ1n) is 16.6. The number of carbonyl (C=O) groups is 4. The molecule has 10 nitrogen and oxygen atoms in total. The average molecular weight is 717 g/mol. The molecule has 0 aliphatic carbocycles. The standard InChI is InChI=1S/C36H50BrN3O7/c1-9-11-17-27(42)38(8)23(7)30(24-15-13-12-14-16-24)46-35(45)28-29-33(43)40(26(20-41)21(3)4)32(34(44)39(18-10-2)22(5)6)36(29)19-25(37)31(28)47-36/h9-10,12-16,21-23,25-26,28-32,41H,1-2,11,17-20H2,3-8H3/t23-,25?,26+,28-,29+,30+,31-,32-,36+/m1/s1. The Bertz CT molecular complexity index is 1340. The molecule has 1 N–H and O–H groups in total. The van der Waals surface area contributed by atoms with Crippen molar-refractivity contribution in [3.05, 3.63) is 61.2 Å². The zero-order valence-corrected chi connectivity index (χ0v) is 30.0. The molecular formula is C36H50BrN3O7. The molecule has 3 aliphatic rings. The second kappa shape index (κ2) is 15.0. The van der Waals surface area contributed by atoms with E-state index in [1.54, 1.807) is 29.0 Å². The van der Waals surface area contributed by atoms with Gasteiger partial charge >= 0.3 is 5.97 Å². The van der Waals surface area contributed by atoms with Crippen LogP contribution >= 0.6 is 15.9 Å². The second-order valence-corrected chi connectivity index (χ2v) is 14.8. The fraction of sp³-hybridized carbons (Fsp3) is 0.611. The van der Waals surface area contributed by atoms with Gasteiger partial charge in [0.15, 0.2) is 0 Å². The van der Waals surface area contributed by atoms with Crippen LogP contribution in [0.15, 0.2) is 55.6 Å². The van der Waals surface area contributed by atoms with E-state index in [-0.39, 0.29) is 48.2 Å². The number of aliphatic hydroxyl groups is 1. The number of likely N-dealkylation sites (N-methyl/N-ethyl adjacent to an activating group) is 1. The number of likely N-dealkylation sites (tertiary alicyclic amines) is 1. The van der Waals surface area contributed by atoms with E-state index in [9.17, 15) is 24.3 Å². The van der Waals surface area contributed by atoms with Gasteiger partial charge in [-0.3, -0.25) is 19.2 Å². The molecule has 1 aromatic rings. The number of aliphatic hydroxyl groups excluding tert-OH is 1. The number of allylic oxidation sites excluding steroid dienone is 1. The van der Waals surface area contributed by atoms with Crippen molar-refractivity contribution in [1.29, 1.82) is 0 Å². The van der Waals surface area contributed by atoms with Crippen molar-refractivity contribution in [3.8, 4) is 0 Å². The second-order valence-electron chi connectivity index (χ2n) is 13.6. The van der Waals surface area contributed by atoms with E-state index in [1.165, 1.54) is 4.90 Å². The molecular weight excluding hydrogens is 666 g/mol. The third-order valence-corrected chi connectivity index (χ3v) is 11.0. The van der Waals surface area contributed by atoms with E-state index in [1.807, 2.05) is 65.0 Å². The number of fused-ring (bicyclic) bond motifs is 1. The van der Waals surface area contributed by atoms with Crippen LogP contribution in [0.25, 0.3) is 0 Å². The smallest absolute Gasteiger partial charge is 0.313 e. The van der Waals surface area contributed by atoms with Crippen LogP contribution < -0.4 is 0 Å². The van der Waals surface area contributed by atoms with Crippen molar-refractivity contribution < 1.29 is 33.8 Å². The van der Waals surface area contributed by atoms with Crippen LogP contribution in [0.5, 0.6) is 0 Å². The van der Waals surface area contributed by atoms with Crippen LogP contribution in [-0.4, -0.2) is 104 Å². The van der Waals surface area contributed by atoms with Gasteiger partial charge in [0.25, 0.3) is 0 Å². The fourth-order valence-electron chi connectivity index (χ4n) is 7.57. The van der Waals surface area contributed by atoms with E-state index in [4.69, 9.17) is 9.47 Å². The number of halogens is 1. The Hall–Kier alpha value is -3.02. The van der Waals surface area contributed by atoms with E-state index in [0.29, 0.717) is 18.4 Å². The predicted octanol–water partition coefficient (Wildman–Crippen LogP) is 4.27. The molecule has 3 heterocycles. The Morgan fingerprint density at radius 2 is 1.81 bits per heavy atom. The first-order chi connectivity index (χ1) is 22.3. The van der Waals surface area contributed by atoms with Gasteiger partial charge in [-0.1, -0.05) is 72.3 Å². The number of benzene rings is 1. The highest BCUT2D eigenvalue weighted by Gasteiger charge is 2.77. The zero-order valence-electron chi connectivity index (χ0n) is 28.4. The maximum Gasteiger partial charge on any atom is 0.313 e. The largest absolute Gasteiger partial charge is 0.455 e. The van der Waals surface area contributed by atoms with E-state index in [2.05, 4.69) is 29.1 Å².